The summed E-state index contributed by atoms with van der Waals surface area (Å²) in [7, 11) is 0. The van der Waals surface area contributed by atoms with Gasteiger partial charge in [0.1, 0.15) is 0 Å². The minimum absolute atomic E-state index is 1.01. The SMILES string of the molecule is c1ccc2cc3c(ccc4c3nc3c5sc6c7ccccc7ccc6c5cc(-c5ccc(-c6cccc7c6ccc6cccnc67)cc5)n43)cc2c1. The smallest absolute Gasteiger partial charge is 0.156 e. The van der Waals surface area contributed by atoms with Crippen LogP contribution in [0.1, 0.15) is 0 Å². The molecule has 12 aromatic rings. The van der Waals surface area contributed by atoms with Gasteiger partial charge >= 0.3 is 0 Å². The number of imidazole rings is 1. The summed E-state index contributed by atoms with van der Waals surface area (Å²) in [5.41, 5.74) is 8.88. The highest BCUT2D eigenvalue weighted by atomic mass is 32.1. The van der Waals surface area contributed by atoms with Crippen LogP contribution in [0, 0.1) is 0 Å². The van der Waals surface area contributed by atoms with Crippen LogP contribution in [0.3, 0.4) is 0 Å². The van der Waals surface area contributed by atoms with Crippen LogP contribution in [0.4, 0.5) is 0 Å². The molecule has 0 amide bonds. The van der Waals surface area contributed by atoms with Crippen LogP contribution in [-0.2, 0) is 0 Å². The number of rotatable bonds is 2. The topological polar surface area (TPSA) is 30.2 Å². The molecule has 0 radical (unpaired) electrons. The lowest BCUT2D eigenvalue weighted by atomic mass is 9.95. The normalized spacial score (nSPS) is 12.2. The molecule has 0 bridgehead atoms. The summed E-state index contributed by atoms with van der Waals surface area (Å²) in [4.78, 5) is 10.3. The highest BCUT2D eigenvalue weighted by Crippen LogP contribution is 2.44. The predicted molar refractivity (Wildman–Crippen MR) is 222 cm³/mol. The Morgan fingerprint density at radius 2 is 1.15 bits per heavy atom. The number of hydrogen-bond donors (Lipinski definition) is 0. The molecule has 4 heterocycles. The van der Waals surface area contributed by atoms with Gasteiger partial charge in [0.25, 0.3) is 0 Å². The van der Waals surface area contributed by atoms with Crippen molar-refractivity contribution in [1.82, 2.24) is 14.4 Å². The van der Waals surface area contributed by atoms with Gasteiger partial charge in [0.15, 0.2) is 5.65 Å². The van der Waals surface area contributed by atoms with Crippen molar-refractivity contribution in [3.05, 3.63) is 164 Å². The van der Waals surface area contributed by atoms with Crippen molar-refractivity contribution < 1.29 is 0 Å². The first-order chi connectivity index (χ1) is 25.8. The van der Waals surface area contributed by atoms with Crippen LogP contribution >= 0.6 is 11.3 Å². The van der Waals surface area contributed by atoms with E-state index in [4.69, 9.17) is 9.97 Å². The third-order valence-electron chi connectivity index (χ3n) is 11.0. The molecule has 0 unspecified atom stereocenters. The van der Waals surface area contributed by atoms with Crippen molar-refractivity contribution >= 4 is 102 Å². The molecule has 12 rings (SSSR count). The van der Waals surface area contributed by atoms with Crippen molar-refractivity contribution in [3.63, 3.8) is 0 Å². The second-order valence-corrected chi connectivity index (χ2v) is 14.8. The summed E-state index contributed by atoms with van der Waals surface area (Å²) < 4.78 is 4.92. The summed E-state index contributed by atoms with van der Waals surface area (Å²) in [6, 6.07) is 57.6. The summed E-state index contributed by atoms with van der Waals surface area (Å²) in [6.07, 6.45) is 1.88. The van der Waals surface area contributed by atoms with Gasteiger partial charge < -0.3 is 0 Å². The molecule has 0 atom stereocenters. The van der Waals surface area contributed by atoms with Gasteiger partial charge in [0, 0.05) is 37.8 Å². The monoisotopic (exact) mass is 677 g/mol. The summed E-state index contributed by atoms with van der Waals surface area (Å²) >= 11 is 1.86. The van der Waals surface area contributed by atoms with E-state index < -0.39 is 0 Å². The van der Waals surface area contributed by atoms with Crippen LogP contribution in [0.25, 0.3) is 113 Å². The molecule has 8 aromatic carbocycles. The van der Waals surface area contributed by atoms with Gasteiger partial charge in [-0.25, -0.2) is 4.98 Å². The molecular formula is C48H27N3S. The van der Waals surface area contributed by atoms with Gasteiger partial charge in [-0.05, 0) is 79.3 Å². The van der Waals surface area contributed by atoms with Crippen LogP contribution in [-0.4, -0.2) is 14.4 Å². The fraction of sp³-hybridized carbons (Fsp3) is 0. The second kappa shape index (κ2) is 10.5. The molecule has 0 saturated heterocycles. The third-order valence-corrected chi connectivity index (χ3v) is 12.2. The molecule has 4 aromatic heterocycles. The van der Waals surface area contributed by atoms with E-state index in [1.54, 1.807) is 0 Å². The van der Waals surface area contributed by atoms with Gasteiger partial charge in [0.2, 0.25) is 0 Å². The lowest BCUT2D eigenvalue weighted by Crippen LogP contribution is -1.93. The molecular weight excluding hydrogens is 651 g/mol. The zero-order chi connectivity index (χ0) is 33.9. The molecule has 0 aliphatic rings. The standard InChI is InChI=1S/C48H27N3S/c1-2-9-33-26-40-34(25-32(33)8-1)20-23-42-45(40)50-48-47-41(39-22-18-28-7-3-4-11-36(28)46(39)52-47)27-43(51(42)48)30-16-14-29(15-17-30)35-12-5-13-38-37(35)21-19-31-10-6-24-49-44(31)38/h1-27H. The van der Waals surface area contributed by atoms with Gasteiger partial charge in [-0.1, -0.05) is 127 Å². The number of fused-ring (bicyclic) bond motifs is 15. The van der Waals surface area contributed by atoms with E-state index in [9.17, 15) is 0 Å². The van der Waals surface area contributed by atoms with E-state index in [2.05, 4.69) is 156 Å². The van der Waals surface area contributed by atoms with E-state index >= 15 is 0 Å². The number of aromatic nitrogens is 3. The van der Waals surface area contributed by atoms with Gasteiger partial charge in [-0.15, -0.1) is 11.3 Å². The molecule has 0 aliphatic heterocycles. The average molecular weight is 678 g/mol. The second-order valence-electron chi connectivity index (χ2n) is 13.8. The Morgan fingerprint density at radius 3 is 2.06 bits per heavy atom. The molecule has 240 valence electrons. The van der Waals surface area contributed by atoms with Crippen LogP contribution in [0.5, 0.6) is 0 Å². The van der Waals surface area contributed by atoms with E-state index in [1.807, 2.05) is 23.6 Å². The minimum Gasteiger partial charge on any atom is -0.291 e. The van der Waals surface area contributed by atoms with Crippen LogP contribution < -0.4 is 0 Å². The van der Waals surface area contributed by atoms with Crippen molar-refractivity contribution in [3.8, 4) is 22.4 Å². The van der Waals surface area contributed by atoms with Crippen LogP contribution in [0.15, 0.2) is 164 Å². The quantitative estimate of drug-likeness (QED) is 0.135. The number of pyridine rings is 2. The average Bonchev–Trinajstić information content (AvgIpc) is 3.79. The van der Waals surface area contributed by atoms with Gasteiger partial charge in [0.05, 0.1) is 26.9 Å². The van der Waals surface area contributed by atoms with E-state index in [-0.39, 0.29) is 0 Å². The number of nitrogens with zero attached hydrogens (tertiary/aromatic N) is 3. The zero-order valence-corrected chi connectivity index (χ0v) is 28.7. The number of hydrogen-bond acceptors (Lipinski definition) is 3. The lowest BCUT2D eigenvalue weighted by molar-refractivity contribution is 1.25. The first-order valence-electron chi connectivity index (χ1n) is 17.6. The van der Waals surface area contributed by atoms with Crippen molar-refractivity contribution in [1.29, 1.82) is 0 Å². The van der Waals surface area contributed by atoms with E-state index in [0.29, 0.717) is 0 Å². The molecule has 0 spiro atoms. The first kappa shape index (κ1) is 28.1. The Kier molecular flexibility index (Phi) is 5.65. The summed E-state index contributed by atoms with van der Waals surface area (Å²) in [5, 5.41) is 13.5. The molecule has 0 saturated carbocycles. The predicted octanol–water partition coefficient (Wildman–Crippen LogP) is 13.4. The van der Waals surface area contributed by atoms with Crippen molar-refractivity contribution in [2.45, 2.75) is 0 Å². The maximum Gasteiger partial charge on any atom is 0.156 e. The van der Waals surface area contributed by atoms with Gasteiger partial charge in [-0.2, -0.15) is 0 Å². The maximum atomic E-state index is 5.53. The van der Waals surface area contributed by atoms with E-state index in [0.717, 1.165) is 38.8 Å². The molecule has 0 fully saturated rings. The summed E-state index contributed by atoms with van der Waals surface area (Å²) in [6.45, 7) is 0. The Bertz CT molecular complexity index is 3460. The summed E-state index contributed by atoms with van der Waals surface area (Å²) in [5.74, 6) is 0. The third kappa shape index (κ3) is 3.90. The number of benzene rings is 8. The Hall–Kier alpha value is -6.62. The zero-order valence-electron chi connectivity index (χ0n) is 27.8. The van der Waals surface area contributed by atoms with E-state index in [1.165, 1.54) is 74.4 Å². The molecule has 0 N–H and O–H groups in total. The van der Waals surface area contributed by atoms with Gasteiger partial charge in [-0.3, -0.25) is 9.38 Å². The van der Waals surface area contributed by atoms with Crippen molar-refractivity contribution in [2.24, 2.45) is 0 Å². The minimum atomic E-state index is 1.01. The molecule has 4 heteroatoms. The highest BCUT2D eigenvalue weighted by molar-refractivity contribution is 7.27. The first-order valence-corrected chi connectivity index (χ1v) is 18.5. The van der Waals surface area contributed by atoms with Crippen LogP contribution in [0.2, 0.25) is 0 Å². The Balaban J connectivity index is 1.14. The lowest BCUT2D eigenvalue weighted by Gasteiger charge is -2.12. The number of thiophene rings is 1. The molecule has 3 nitrogen and oxygen atoms in total. The molecule has 0 aliphatic carbocycles. The largest absolute Gasteiger partial charge is 0.291 e. The van der Waals surface area contributed by atoms with Crippen molar-refractivity contribution in [2.75, 3.05) is 0 Å². The maximum absolute atomic E-state index is 5.53. The fourth-order valence-corrected chi connectivity index (χ4v) is 9.79. The molecule has 52 heavy (non-hydrogen) atoms. The Morgan fingerprint density at radius 1 is 0.423 bits per heavy atom. The Labute approximate surface area is 301 Å². The fourth-order valence-electron chi connectivity index (χ4n) is 8.49. The highest BCUT2D eigenvalue weighted by Gasteiger charge is 2.20.